The van der Waals surface area contributed by atoms with E-state index >= 15 is 4.79 Å². The number of halogens is 4. The highest BCUT2D eigenvalue weighted by atomic mass is 35.5. The van der Waals surface area contributed by atoms with Gasteiger partial charge in [-0.15, -0.1) is 13.2 Å². The monoisotopic (exact) mass is 681 g/mol. The second-order valence-electron chi connectivity index (χ2n) is 11.1. The second kappa shape index (κ2) is 12.4. The predicted molar refractivity (Wildman–Crippen MR) is 163 cm³/mol. The Bertz CT molecular complexity index is 1720. The van der Waals surface area contributed by atoms with Crippen LogP contribution < -0.4 is 18.5 Å². The molecule has 246 valence electrons. The summed E-state index contributed by atoms with van der Waals surface area (Å²) in [6.45, 7) is 1.62. The van der Waals surface area contributed by atoms with Crippen molar-refractivity contribution in [2.45, 2.75) is 42.3 Å². The average molecular weight is 682 g/mol. The first-order valence-corrected chi connectivity index (χ1v) is 15.4. The number of benzene rings is 3. The molecule has 2 aliphatic heterocycles. The number of anilines is 1. The van der Waals surface area contributed by atoms with Crippen LogP contribution in [0.3, 0.4) is 0 Å². The SMILES string of the molecule is COc1ccc(S(=O)N2C(=O)C(c3cc(C)ccc3OC)(N3C[C@@H](O)C[C@H]3C(=O)N(C)C)c3cc(Cl)ccc32)c(OC(F)(F)F)c1. The van der Waals surface area contributed by atoms with Crippen LogP contribution in [0.25, 0.3) is 0 Å². The molecule has 0 bridgehead atoms. The summed E-state index contributed by atoms with van der Waals surface area (Å²) in [5.74, 6) is -1.88. The van der Waals surface area contributed by atoms with Crippen molar-refractivity contribution < 1.29 is 46.3 Å². The third-order valence-corrected chi connectivity index (χ3v) is 9.61. The summed E-state index contributed by atoms with van der Waals surface area (Å²) in [6, 6.07) is 11.7. The van der Waals surface area contributed by atoms with Gasteiger partial charge in [-0.05, 0) is 55.8 Å². The maximum Gasteiger partial charge on any atom is 0.573 e. The van der Waals surface area contributed by atoms with E-state index in [1.165, 1.54) is 48.3 Å². The quantitative estimate of drug-likeness (QED) is 0.373. The minimum absolute atomic E-state index is 0.00475. The number of methoxy groups -OCH3 is 2. The summed E-state index contributed by atoms with van der Waals surface area (Å²) < 4.78 is 70.9. The number of alkyl halides is 3. The van der Waals surface area contributed by atoms with Gasteiger partial charge in [0.15, 0.2) is 22.3 Å². The number of fused-ring (bicyclic) bond motifs is 1. The molecule has 10 nitrogen and oxygen atoms in total. The Hall–Kier alpha value is -3.85. The fourth-order valence-electron chi connectivity index (χ4n) is 6.09. The molecule has 1 saturated heterocycles. The van der Waals surface area contributed by atoms with Crippen LogP contribution in [0.1, 0.15) is 23.1 Å². The number of aliphatic hydroxyl groups is 1. The standard InChI is InChI=1S/C31H31ClF3N3O7S/c1-17-6-10-25(44-5)22(12-17)30(37-16-19(39)14-24(37)28(40)36(2)3)21-13-18(32)7-9-23(21)38(29(30)41)46(42)27-11-8-20(43-4)15-26(27)45-31(33,34)35/h6-13,15,19,24,39H,14,16H2,1-5H3/t19-,24-,30?,46?/m0/s1. The Morgan fingerprint density at radius 1 is 1.04 bits per heavy atom. The smallest absolute Gasteiger partial charge is 0.497 e. The first-order chi connectivity index (χ1) is 21.6. The Morgan fingerprint density at radius 3 is 2.39 bits per heavy atom. The molecule has 3 aromatic rings. The highest BCUT2D eigenvalue weighted by molar-refractivity contribution is 7.87. The number of rotatable bonds is 8. The molecule has 46 heavy (non-hydrogen) atoms. The third-order valence-electron chi connectivity index (χ3n) is 7.97. The lowest BCUT2D eigenvalue weighted by atomic mass is 9.80. The highest BCUT2D eigenvalue weighted by Gasteiger charge is 2.63. The van der Waals surface area contributed by atoms with Crippen molar-refractivity contribution >= 4 is 40.1 Å². The number of aliphatic hydroxyl groups excluding tert-OH is 1. The molecule has 0 spiro atoms. The minimum Gasteiger partial charge on any atom is -0.497 e. The largest absolute Gasteiger partial charge is 0.573 e. The molecule has 2 unspecified atom stereocenters. The summed E-state index contributed by atoms with van der Waals surface area (Å²) in [5, 5.41) is 11.1. The molecule has 0 radical (unpaired) electrons. The Labute approximate surface area is 270 Å². The van der Waals surface area contributed by atoms with Gasteiger partial charge in [-0.3, -0.25) is 14.5 Å². The number of carbonyl (C=O) groups is 2. The van der Waals surface area contributed by atoms with E-state index in [1.54, 1.807) is 39.2 Å². The summed E-state index contributed by atoms with van der Waals surface area (Å²) in [6.07, 6.45) is -6.22. The summed E-state index contributed by atoms with van der Waals surface area (Å²) >= 11 is 6.51. The van der Waals surface area contributed by atoms with E-state index < -0.39 is 57.5 Å². The van der Waals surface area contributed by atoms with Gasteiger partial charge in [-0.1, -0.05) is 23.2 Å². The summed E-state index contributed by atoms with van der Waals surface area (Å²) in [5.41, 5.74) is -0.756. The fraction of sp³-hybridized carbons (Fsp3) is 0.355. The molecule has 0 aromatic heterocycles. The van der Waals surface area contributed by atoms with Gasteiger partial charge in [0.25, 0.3) is 5.91 Å². The number of aryl methyl sites for hydroxylation is 1. The van der Waals surface area contributed by atoms with Crippen LogP contribution in [0.15, 0.2) is 59.5 Å². The van der Waals surface area contributed by atoms with Gasteiger partial charge in [-0.25, -0.2) is 8.51 Å². The fourth-order valence-corrected chi connectivity index (χ4v) is 7.53. The van der Waals surface area contributed by atoms with Gasteiger partial charge >= 0.3 is 6.36 Å². The first kappa shape index (κ1) is 33.5. The van der Waals surface area contributed by atoms with Crippen LogP contribution in [0.5, 0.6) is 17.2 Å². The highest BCUT2D eigenvalue weighted by Crippen LogP contribution is 2.55. The van der Waals surface area contributed by atoms with Crippen LogP contribution in [-0.4, -0.2) is 84.3 Å². The van der Waals surface area contributed by atoms with Crippen molar-refractivity contribution in [1.29, 1.82) is 0 Å². The van der Waals surface area contributed by atoms with Crippen LogP contribution in [0, 0.1) is 6.92 Å². The van der Waals surface area contributed by atoms with E-state index in [-0.39, 0.29) is 46.3 Å². The van der Waals surface area contributed by atoms with E-state index in [4.69, 9.17) is 21.1 Å². The number of β-amino-alcohol motifs (C(OH)–C–C–N with tert-alkyl or cyclic N) is 1. The minimum atomic E-state index is -5.16. The molecular weight excluding hydrogens is 651 g/mol. The molecule has 4 atom stereocenters. The van der Waals surface area contributed by atoms with Crippen molar-refractivity contribution in [2.75, 3.05) is 39.2 Å². The number of hydrogen-bond donors (Lipinski definition) is 1. The number of amides is 2. The van der Waals surface area contributed by atoms with Gasteiger partial charge < -0.3 is 24.2 Å². The maximum absolute atomic E-state index is 15.2. The molecule has 5 rings (SSSR count). The zero-order valence-corrected chi connectivity index (χ0v) is 27.0. The van der Waals surface area contributed by atoms with E-state index in [0.29, 0.717) is 5.56 Å². The van der Waals surface area contributed by atoms with Gasteiger partial charge in [0.1, 0.15) is 16.4 Å². The van der Waals surface area contributed by atoms with Gasteiger partial charge in [-0.2, -0.15) is 0 Å². The van der Waals surface area contributed by atoms with Gasteiger partial charge in [0.05, 0.1) is 32.1 Å². The zero-order chi connectivity index (χ0) is 33.7. The van der Waals surface area contributed by atoms with Gasteiger partial charge in [0, 0.05) is 42.9 Å². The predicted octanol–water partition coefficient (Wildman–Crippen LogP) is 4.40. The lowest BCUT2D eigenvalue weighted by Gasteiger charge is -2.42. The van der Waals surface area contributed by atoms with Crippen molar-refractivity contribution in [2.24, 2.45) is 0 Å². The first-order valence-electron chi connectivity index (χ1n) is 13.9. The van der Waals surface area contributed by atoms with Crippen molar-refractivity contribution in [3.63, 3.8) is 0 Å². The Balaban J connectivity index is 1.83. The van der Waals surface area contributed by atoms with E-state index in [1.807, 2.05) is 0 Å². The van der Waals surface area contributed by atoms with Crippen molar-refractivity contribution in [1.82, 2.24) is 9.80 Å². The molecular formula is C31H31ClF3N3O7S. The number of carbonyl (C=O) groups excluding carboxylic acids is 2. The Kier molecular flexibility index (Phi) is 9.03. The molecule has 1 fully saturated rings. The molecule has 3 aromatic carbocycles. The molecule has 1 N–H and O–H groups in total. The number of hydrogen-bond acceptors (Lipinski definition) is 8. The molecule has 2 heterocycles. The molecule has 2 amide bonds. The molecule has 2 aliphatic rings. The topological polar surface area (TPSA) is 109 Å². The van der Waals surface area contributed by atoms with E-state index in [2.05, 4.69) is 4.74 Å². The molecule has 0 saturated carbocycles. The number of nitrogens with zero attached hydrogens (tertiary/aromatic N) is 3. The normalized spacial score (nSPS) is 22.0. The zero-order valence-electron chi connectivity index (χ0n) is 25.4. The van der Waals surface area contributed by atoms with Crippen LogP contribution in [-0.2, 0) is 26.1 Å². The number of likely N-dealkylation sites (N-methyl/N-ethyl adjacent to an activating group) is 1. The Morgan fingerprint density at radius 2 is 1.76 bits per heavy atom. The third kappa shape index (κ3) is 5.67. The summed E-state index contributed by atoms with van der Waals surface area (Å²) in [7, 11) is 3.07. The summed E-state index contributed by atoms with van der Waals surface area (Å²) in [4.78, 5) is 31.2. The second-order valence-corrected chi connectivity index (χ2v) is 12.8. The number of likely N-dealkylation sites (tertiary alicyclic amines) is 1. The molecule has 15 heteroatoms. The van der Waals surface area contributed by atoms with Crippen LogP contribution >= 0.6 is 11.6 Å². The molecule has 0 aliphatic carbocycles. The van der Waals surface area contributed by atoms with Gasteiger partial charge in [0.2, 0.25) is 5.91 Å². The van der Waals surface area contributed by atoms with E-state index in [0.717, 1.165) is 16.4 Å². The van der Waals surface area contributed by atoms with Crippen LogP contribution in [0.2, 0.25) is 5.02 Å². The van der Waals surface area contributed by atoms with Crippen LogP contribution in [0.4, 0.5) is 18.9 Å². The van der Waals surface area contributed by atoms with E-state index in [9.17, 15) is 27.3 Å². The maximum atomic E-state index is 15.2. The average Bonchev–Trinajstić information content (AvgIpc) is 3.49. The van der Waals surface area contributed by atoms with Crippen molar-refractivity contribution in [3.05, 3.63) is 76.3 Å². The van der Waals surface area contributed by atoms with Crippen molar-refractivity contribution in [3.8, 4) is 17.2 Å². The number of ether oxygens (including phenoxy) is 3. The lowest BCUT2D eigenvalue weighted by Crippen LogP contribution is -2.59. The lowest BCUT2D eigenvalue weighted by molar-refractivity contribution is -0.275.